The summed E-state index contributed by atoms with van der Waals surface area (Å²) in [5.74, 6) is 0.384. The number of carbonyl (C=O) groups excluding carboxylic acids is 2. The van der Waals surface area contributed by atoms with Crippen molar-refractivity contribution in [3.8, 4) is 5.75 Å². The van der Waals surface area contributed by atoms with Crippen LogP contribution in [0.5, 0.6) is 5.75 Å². The average molecular weight is 487 g/mol. The maximum Gasteiger partial charge on any atom is 0.407 e. The maximum absolute atomic E-state index is 13.6. The fourth-order valence-corrected chi connectivity index (χ4v) is 4.78. The summed E-state index contributed by atoms with van der Waals surface area (Å²) in [5.41, 5.74) is 2.61. The lowest BCUT2D eigenvalue weighted by Crippen LogP contribution is -2.64. The molecule has 1 heterocycles. The Hall–Kier alpha value is -3.80. The summed E-state index contributed by atoms with van der Waals surface area (Å²) in [6, 6.07) is 26.7. The number of β-lactam (4-membered cyclic amide) rings is 1. The molecule has 6 nitrogen and oxygen atoms in total. The Morgan fingerprint density at radius 1 is 0.917 bits per heavy atom. The minimum atomic E-state index is -0.521. The summed E-state index contributed by atoms with van der Waals surface area (Å²) in [7, 11) is 1.63. The molecule has 0 spiro atoms. The van der Waals surface area contributed by atoms with E-state index in [1.54, 1.807) is 7.11 Å². The van der Waals surface area contributed by atoms with Crippen LogP contribution in [-0.2, 0) is 22.7 Å². The Labute approximate surface area is 213 Å². The van der Waals surface area contributed by atoms with E-state index in [9.17, 15) is 9.59 Å². The first-order valence-electron chi connectivity index (χ1n) is 12.2. The van der Waals surface area contributed by atoms with Crippen molar-refractivity contribution in [3.63, 3.8) is 0 Å². The molecule has 2 amide bonds. The number of alkyl carbamates (subject to hydrolysis) is 1. The van der Waals surface area contributed by atoms with Crippen LogP contribution in [0.3, 0.4) is 0 Å². The van der Waals surface area contributed by atoms with Crippen LogP contribution in [0.1, 0.15) is 43.5 Å². The molecular formula is C30H34N2O4. The number of amides is 2. The lowest BCUT2D eigenvalue weighted by molar-refractivity contribution is -0.163. The molecule has 1 aliphatic rings. The second-order valence-corrected chi connectivity index (χ2v) is 10.2. The molecular weight excluding hydrogens is 452 g/mol. The highest BCUT2D eigenvalue weighted by Crippen LogP contribution is 2.46. The molecule has 0 unspecified atom stereocenters. The Balaban J connectivity index is 1.55. The number of ether oxygens (including phenoxy) is 2. The van der Waals surface area contributed by atoms with E-state index in [1.807, 2.05) is 111 Å². The van der Waals surface area contributed by atoms with Crippen LogP contribution in [0, 0.1) is 11.3 Å². The molecule has 188 valence electrons. The number of carbonyl (C=O) groups is 2. The van der Waals surface area contributed by atoms with Crippen molar-refractivity contribution >= 4 is 12.0 Å². The van der Waals surface area contributed by atoms with E-state index in [1.165, 1.54) is 0 Å². The van der Waals surface area contributed by atoms with Crippen LogP contribution in [-0.4, -0.2) is 30.1 Å². The van der Waals surface area contributed by atoms with E-state index < -0.39 is 18.1 Å². The number of nitrogens with zero attached hydrogens (tertiary/aromatic N) is 1. The number of hydrogen-bond acceptors (Lipinski definition) is 4. The van der Waals surface area contributed by atoms with Crippen molar-refractivity contribution in [2.45, 2.75) is 46.0 Å². The summed E-state index contributed by atoms with van der Waals surface area (Å²) >= 11 is 0. The zero-order valence-corrected chi connectivity index (χ0v) is 21.3. The Morgan fingerprint density at radius 3 is 2.11 bits per heavy atom. The minimum absolute atomic E-state index is 0.0166. The zero-order chi connectivity index (χ0) is 25.7. The average Bonchev–Trinajstić information content (AvgIpc) is 2.89. The van der Waals surface area contributed by atoms with Gasteiger partial charge in [-0.3, -0.25) is 4.79 Å². The van der Waals surface area contributed by atoms with Gasteiger partial charge >= 0.3 is 6.09 Å². The van der Waals surface area contributed by atoms with Gasteiger partial charge in [-0.25, -0.2) is 4.79 Å². The summed E-state index contributed by atoms with van der Waals surface area (Å²) in [5, 5.41) is 3.03. The van der Waals surface area contributed by atoms with Crippen molar-refractivity contribution in [3.05, 3.63) is 102 Å². The molecule has 1 saturated heterocycles. The topological polar surface area (TPSA) is 67.9 Å². The fourth-order valence-electron chi connectivity index (χ4n) is 4.78. The molecule has 4 rings (SSSR count). The van der Waals surface area contributed by atoms with E-state index in [2.05, 4.69) is 5.32 Å². The van der Waals surface area contributed by atoms with E-state index in [0.29, 0.717) is 6.54 Å². The van der Waals surface area contributed by atoms with Gasteiger partial charge in [-0.15, -0.1) is 0 Å². The summed E-state index contributed by atoms with van der Waals surface area (Å²) in [6.07, 6.45) is -0.521. The van der Waals surface area contributed by atoms with Crippen molar-refractivity contribution in [2.75, 3.05) is 7.11 Å². The summed E-state index contributed by atoms with van der Waals surface area (Å²) < 4.78 is 10.8. The molecule has 0 saturated carbocycles. The van der Waals surface area contributed by atoms with Crippen LogP contribution < -0.4 is 10.1 Å². The lowest BCUT2D eigenvalue weighted by Gasteiger charge is -2.53. The molecule has 36 heavy (non-hydrogen) atoms. The number of hydrogen-bond donors (Lipinski definition) is 1. The van der Waals surface area contributed by atoms with Crippen molar-refractivity contribution in [1.29, 1.82) is 0 Å². The molecule has 6 heteroatoms. The normalized spacial score (nSPS) is 18.2. The first-order chi connectivity index (χ1) is 17.3. The molecule has 3 aromatic rings. The largest absolute Gasteiger partial charge is 0.497 e. The monoisotopic (exact) mass is 486 g/mol. The van der Waals surface area contributed by atoms with Crippen LogP contribution in [0.15, 0.2) is 84.9 Å². The summed E-state index contributed by atoms with van der Waals surface area (Å²) in [4.78, 5) is 28.3. The smallest absolute Gasteiger partial charge is 0.407 e. The molecule has 0 radical (unpaired) electrons. The lowest BCUT2D eigenvalue weighted by atomic mass is 9.69. The first kappa shape index (κ1) is 25.3. The van der Waals surface area contributed by atoms with Gasteiger partial charge in [0, 0.05) is 6.54 Å². The van der Waals surface area contributed by atoms with Gasteiger partial charge in [0.25, 0.3) is 0 Å². The molecule has 1 aliphatic heterocycles. The Kier molecular flexibility index (Phi) is 7.63. The van der Waals surface area contributed by atoms with Gasteiger partial charge in [-0.1, -0.05) is 93.6 Å². The van der Waals surface area contributed by atoms with Gasteiger partial charge in [0.1, 0.15) is 12.4 Å². The second kappa shape index (κ2) is 10.9. The maximum atomic E-state index is 13.6. The van der Waals surface area contributed by atoms with E-state index >= 15 is 0 Å². The highest BCUT2D eigenvalue weighted by molar-refractivity contribution is 5.88. The number of benzene rings is 3. The van der Waals surface area contributed by atoms with Crippen molar-refractivity contribution in [1.82, 2.24) is 10.2 Å². The number of nitrogens with one attached hydrogen (secondary N) is 1. The molecule has 3 atom stereocenters. The van der Waals surface area contributed by atoms with Crippen molar-refractivity contribution in [2.24, 2.45) is 11.3 Å². The van der Waals surface area contributed by atoms with E-state index in [4.69, 9.17) is 9.47 Å². The third-order valence-corrected chi connectivity index (χ3v) is 6.68. The number of likely N-dealkylation sites (tertiary alicyclic amines) is 1. The summed E-state index contributed by atoms with van der Waals surface area (Å²) in [6.45, 7) is 6.77. The van der Waals surface area contributed by atoms with Crippen LogP contribution in [0.2, 0.25) is 0 Å². The highest BCUT2D eigenvalue weighted by atomic mass is 16.5. The predicted molar refractivity (Wildman–Crippen MR) is 139 cm³/mol. The highest BCUT2D eigenvalue weighted by Gasteiger charge is 2.54. The standard InChI is InChI=1S/C30H34N2O4/c1-30(2,3)27(31-29(34)36-20-22-11-7-5-8-12-22)25-26(23-13-9-6-10-14-23)32(28(25)33)19-21-15-17-24(35-4)18-16-21/h5-18,25-27H,19-20H2,1-4H3,(H,31,34)/t25-,26+,27-/m0/s1. The SMILES string of the molecule is COc1ccc(CN2C(=O)[C@H]([C@H](NC(=O)OCc3ccccc3)C(C)(C)C)[C@H]2c2ccccc2)cc1. The van der Waals surface area contributed by atoms with Gasteiger partial charge < -0.3 is 19.7 Å². The quantitative estimate of drug-likeness (QED) is 0.413. The molecule has 1 N–H and O–H groups in total. The van der Waals surface area contributed by atoms with Crippen LogP contribution >= 0.6 is 0 Å². The molecule has 0 aliphatic carbocycles. The van der Waals surface area contributed by atoms with E-state index in [-0.39, 0.29) is 24.0 Å². The Morgan fingerprint density at radius 2 is 1.53 bits per heavy atom. The van der Waals surface area contributed by atoms with E-state index in [0.717, 1.165) is 22.4 Å². The second-order valence-electron chi connectivity index (χ2n) is 10.2. The van der Waals surface area contributed by atoms with Gasteiger partial charge in [-0.2, -0.15) is 0 Å². The molecule has 3 aromatic carbocycles. The Bertz CT molecular complexity index is 1160. The van der Waals surface area contributed by atoms with Crippen molar-refractivity contribution < 1.29 is 19.1 Å². The van der Waals surface area contributed by atoms with Crippen LogP contribution in [0.4, 0.5) is 4.79 Å². The van der Waals surface area contributed by atoms with Gasteiger partial charge in [0.15, 0.2) is 0 Å². The van der Waals surface area contributed by atoms with Crippen LogP contribution in [0.25, 0.3) is 0 Å². The molecule has 1 fully saturated rings. The minimum Gasteiger partial charge on any atom is -0.497 e. The zero-order valence-electron chi connectivity index (χ0n) is 21.3. The molecule has 0 bridgehead atoms. The predicted octanol–water partition coefficient (Wildman–Crippen LogP) is 5.74. The fraction of sp³-hybridized carbons (Fsp3) is 0.333. The van der Waals surface area contributed by atoms with Gasteiger partial charge in [0.05, 0.1) is 25.1 Å². The third kappa shape index (κ3) is 5.70. The van der Waals surface area contributed by atoms with Gasteiger partial charge in [-0.05, 0) is 34.2 Å². The number of rotatable bonds is 8. The number of methoxy groups -OCH3 is 1. The first-order valence-corrected chi connectivity index (χ1v) is 12.2. The third-order valence-electron chi connectivity index (χ3n) is 6.68. The molecule has 0 aromatic heterocycles. The van der Waals surface area contributed by atoms with Gasteiger partial charge in [0.2, 0.25) is 5.91 Å².